The minimum atomic E-state index is 0.527. The molecular weight excluding hydrogens is 240 g/mol. The fourth-order valence-corrected chi connectivity index (χ4v) is 2.59. The van der Waals surface area contributed by atoms with Gasteiger partial charge in [-0.1, -0.05) is 17.8 Å². The third-order valence-electron chi connectivity index (χ3n) is 2.86. The Hall–Kier alpha value is -1.92. The summed E-state index contributed by atoms with van der Waals surface area (Å²) >= 11 is 1.65. The molecule has 0 aliphatic rings. The van der Waals surface area contributed by atoms with Gasteiger partial charge in [0.1, 0.15) is 6.07 Å². The molecular formula is C15H14N2S. The van der Waals surface area contributed by atoms with Crippen LogP contribution in [0.3, 0.4) is 0 Å². The lowest BCUT2D eigenvalue weighted by atomic mass is 10.1. The van der Waals surface area contributed by atoms with Crippen LogP contribution in [0.1, 0.15) is 16.7 Å². The van der Waals surface area contributed by atoms with E-state index < -0.39 is 0 Å². The summed E-state index contributed by atoms with van der Waals surface area (Å²) in [6.45, 7) is 4.20. The molecule has 0 bridgehead atoms. The number of rotatable bonds is 2. The minimum absolute atomic E-state index is 0.527. The molecule has 0 saturated carbocycles. The SMILES string of the molecule is Cc1ccc(Sc2ccc(C#N)c(N)c2)cc1C. The van der Waals surface area contributed by atoms with Crippen molar-refractivity contribution in [2.75, 3.05) is 5.73 Å². The standard InChI is InChI=1S/C15H14N2S/c1-10-3-5-13(7-11(10)2)18-14-6-4-12(9-16)15(17)8-14/h3-8H,17H2,1-2H3. The van der Waals surface area contributed by atoms with Crippen molar-refractivity contribution in [1.29, 1.82) is 5.26 Å². The summed E-state index contributed by atoms with van der Waals surface area (Å²) in [5.41, 5.74) is 9.43. The Kier molecular flexibility index (Phi) is 3.59. The molecule has 0 heterocycles. The number of nitriles is 1. The van der Waals surface area contributed by atoms with Crippen LogP contribution in [-0.2, 0) is 0 Å². The molecule has 0 atom stereocenters. The number of benzene rings is 2. The Balaban J connectivity index is 2.26. The molecule has 0 radical (unpaired) electrons. The van der Waals surface area contributed by atoms with Crippen LogP contribution in [0.25, 0.3) is 0 Å². The first-order valence-corrected chi connectivity index (χ1v) is 6.46. The Morgan fingerprint density at radius 1 is 1.00 bits per heavy atom. The number of nitrogen functional groups attached to an aromatic ring is 1. The summed E-state index contributed by atoms with van der Waals surface area (Å²) in [7, 11) is 0. The highest BCUT2D eigenvalue weighted by molar-refractivity contribution is 7.99. The van der Waals surface area contributed by atoms with Crippen molar-refractivity contribution in [3.05, 3.63) is 53.1 Å². The largest absolute Gasteiger partial charge is 0.398 e. The summed E-state index contributed by atoms with van der Waals surface area (Å²) in [6, 6.07) is 14.0. The Labute approximate surface area is 111 Å². The van der Waals surface area contributed by atoms with Crippen LogP contribution in [0, 0.1) is 25.2 Å². The van der Waals surface area contributed by atoms with Crippen LogP contribution in [0.2, 0.25) is 0 Å². The van der Waals surface area contributed by atoms with E-state index in [4.69, 9.17) is 11.0 Å². The monoisotopic (exact) mass is 254 g/mol. The molecule has 0 aromatic heterocycles. The molecule has 2 rings (SSSR count). The first-order chi connectivity index (χ1) is 8.60. The zero-order valence-electron chi connectivity index (χ0n) is 10.4. The first-order valence-electron chi connectivity index (χ1n) is 5.65. The second-order valence-corrected chi connectivity index (χ2v) is 5.36. The number of anilines is 1. The van der Waals surface area contributed by atoms with Gasteiger partial charge >= 0.3 is 0 Å². The summed E-state index contributed by atoms with van der Waals surface area (Å²) in [4.78, 5) is 2.23. The van der Waals surface area contributed by atoms with Gasteiger partial charge < -0.3 is 5.73 Å². The van der Waals surface area contributed by atoms with E-state index in [-0.39, 0.29) is 0 Å². The van der Waals surface area contributed by atoms with Crippen LogP contribution < -0.4 is 5.73 Å². The summed E-state index contributed by atoms with van der Waals surface area (Å²) < 4.78 is 0. The van der Waals surface area contributed by atoms with Gasteiger partial charge in [-0.05, 0) is 55.3 Å². The van der Waals surface area contributed by atoms with Gasteiger partial charge in [0.25, 0.3) is 0 Å². The molecule has 0 amide bonds. The molecule has 0 unspecified atom stereocenters. The molecule has 0 fully saturated rings. The number of aryl methyl sites for hydroxylation is 2. The van der Waals surface area contributed by atoms with E-state index in [1.54, 1.807) is 17.8 Å². The molecule has 2 N–H and O–H groups in total. The lowest BCUT2D eigenvalue weighted by Gasteiger charge is -2.06. The number of hydrogen-bond donors (Lipinski definition) is 1. The Morgan fingerprint density at radius 2 is 1.67 bits per heavy atom. The van der Waals surface area contributed by atoms with Gasteiger partial charge in [-0.2, -0.15) is 5.26 Å². The maximum absolute atomic E-state index is 8.83. The van der Waals surface area contributed by atoms with Gasteiger partial charge in [-0.3, -0.25) is 0 Å². The summed E-state index contributed by atoms with van der Waals surface area (Å²) in [5, 5.41) is 8.83. The highest BCUT2D eigenvalue weighted by atomic mass is 32.2. The lowest BCUT2D eigenvalue weighted by Crippen LogP contribution is -1.90. The van der Waals surface area contributed by atoms with Gasteiger partial charge in [-0.25, -0.2) is 0 Å². The van der Waals surface area contributed by atoms with Crippen molar-refractivity contribution >= 4 is 17.4 Å². The molecule has 0 aliphatic heterocycles. The molecule has 2 aromatic carbocycles. The van der Waals surface area contributed by atoms with Crippen LogP contribution >= 0.6 is 11.8 Å². The van der Waals surface area contributed by atoms with Crippen LogP contribution in [-0.4, -0.2) is 0 Å². The number of nitrogens with two attached hydrogens (primary N) is 1. The molecule has 0 spiro atoms. The van der Waals surface area contributed by atoms with Crippen molar-refractivity contribution in [1.82, 2.24) is 0 Å². The van der Waals surface area contributed by atoms with Crippen LogP contribution in [0.15, 0.2) is 46.2 Å². The maximum Gasteiger partial charge on any atom is 0.101 e. The smallest absolute Gasteiger partial charge is 0.101 e. The number of nitrogens with zero attached hydrogens (tertiary/aromatic N) is 1. The topological polar surface area (TPSA) is 49.8 Å². The van der Waals surface area contributed by atoms with Gasteiger partial charge in [-0.15, -0.1) is 0 Å². The van der Waals surface area contributed by atoms with Crippen molar-refractivity contribution in [3.63, 3.8) is 0 Å². The highest BCUT2D eigenvalue weighted by Gasteiger charge is 2.03. The van der Waals surface area contributed by atoms with E-state index in [2.05, 4.69) is 38.1 Å². The van der Waals surface area contributed by atoms with Crippen LogP contribution in [0.5, 0.6) is 0 Å². The van der Waals surface area contributed by atoms with E-state index in [1.165, 1.54) is 16.0 Å². The van der Waals surface area contributed by atoms with E-state index in [0.29, 0.717) is 11.3 Å². The van der Waals surface area contributed by atoms with Crippen molar-refractivity contribution in [2.45, 2.75) is 23.6 Å². The Morgan fingerprint density at radius 3 is 2.28 bits per heavy atom. The van der Waals surface area contributed by atoms with E-state index >= 15 is 0 Å². The normalized spacial score (nSPS) is 10.1. The van der Waals surface area contributed by atoms with E-state index in [1.807, 2.05) is 12.1 Å². The highest BCUT2D eigenvalue weighted by Crippen LogP contribution is 2.30. The molecule has 2 aromatic rings. The molecule has 2 nitrogen and oxygen atoms in total. The third-order valence-corrected chi connectivity index (χ3v) is 3.84. The van der Waals surface area contributed by atoms with E-state index in [9.17, 15) is 0 Å². The maximum atomic E-state index is 8.83. The second kappa shape index (κ2) is 5.16. The Bertz CT molecular complexity index is 627. The van der Waals surface area contributed by atoms with Gasteiger partial charge in [0.05, 0.1) is 11.3 Å². The zero-order valence-corrected chi connectivity index (χ0v) is 11.2. The summed E-state index contributed by atoms with van der Waals surface area (Å²) in [6.07, 6.45) is 0. The fraction of sp³-hybridized carbons (Fsp3) is 0.133. The molecule has 0 aliphatic carbocycles. The lowest BCUT2D eigenvalue weighted by molar-refractivity contribution is 1.27. The van der Waals surface area contributed by atoms with Crippen LogP contribution in [0.4, 0.5) is 5.69 Å². The van der Waals surface area contributed by atoms with E-state index in [0.717, 1.165) is 4.90 Å². The fourth-order valence-electron chi connectivity index (χ4n) is 1.62. The minimum Gasteiger partial charge on any atom is -0.398 e. The molecule has 3 heteroatoms. The first kappa shape index (κ1) is 12.5. The predicted molar refractivity (Wildman–Crippen MR) is 75.6 cm³/mol. The molecule has 0 saturated heterocycles. The molecule has 18 heavy (non-hydrogen) atoms. The quantitative estimate of drug-likeness (QED) is 0.827. The van der Waals surface area contributed by atoms with Gasteiger partial charge in [0.15, 0.2) is 0 Å². The second-order valence-electron chi connectivity index (χ2n) is 4.21. The van der Waals surface area contributed by atoms with Crippen molar-refractivity contribution < 1.29 is 0 Å². The van der Waals surface area contributed by atoms with Crippen molar-refractivity contribution in [3.8, 4) is 6.07 Å². The predicted octanol–water partition coefficient (Wildman–Crippen LogP) is 3.91. The van der Waals surface area contributed by atoms with Gasteiger partial charge in [0.2, 0.25) is 0 Å². The third kappa shape index (κ3) is 2.66. The molecule has 90 valence electrons. The van der Waals surface area contributed by atoms with Crippen molar-refractivity contribution in [2.24, 2.45) is 0 Å². The van der Waals surface area contributed by atoms with Gasteiger partial charge in [0, 0.05) is 9.79 Å². The zero-order chi connectivity index (χ0) is 13.1. The summed E-state index contributed by atoms with van der Waals surface area (Å²) in [5.74, 6) is 0. The average Bonchev–Trinajstić information content (AvgIpc) is 2.34. The number of hydrogen-bond acceptors (Lipinski definition) is 3. The average molecular weight is 254 g/mol.